The topological polar surface area (TPSA) is 50.7 Å². The van der Waals surface area contributed by atoms with Crippen molar-refractivity contribution in [2.24, 2.45) is 0 Å². The quantitative estimate of drug-likeness (QED) is 0.411. The third-order valence-corrected chi connectivity index (χ3v) is 5.02. The molecule has 28 heavy (non-hydrogen) atoms. The summed E-state index contributed by atoms with van der Waals surface area (Å²) in [7, 11) is 1.57. The Balaban J connectivity index is 1.72. The molecule has 0 aliphatic rings. The average molecular weight is 439 g/mol. The minimum Gasteiger partial charge on any atom is -0.508 e. The molecule has 0 aliphatic carbocycles. The van der Waals surface area contributed by atoms with Crippen molar-refractivity contribution in [3.63, 3.8) is 0 Å². The van der Waals surface area contributed by atoms with E-state index in [1.54, 1.807) is 49.6 Å². The number of ether oxygens (including phenoxy) is 2. The molecule has 146 valence electrons. The molecule has 0 heterocycles. The molecule has 0 fully saturated rings. The van der Waals surface area contributed by atoms with Crippen LogP contribution in [-0.4, -0.2) is 12.2 Å². The summed E-state index contributed by atoms with van der Waals surface area (Å²) in [5.41, 5.74) is 2.52. The summed E-state index contributed by atoms with van der Waals surface area (Å²) in [6.45, 7) is 0.747. The van der Waals surface area contributed by atoms with Gasteiger partial charge in [-0.25, -0.2) is 0 Å². The zero-order valence-electron chi connectivity index (χ0n) is 15.0. The molecular formula is C21H18Cl3NO3. The van der Waals surface area contributed by atoms with Crippen molar-refractivity contribution in [1.29, 1.82) is 0 Å². The summed E-state index contributed by atoms with van der Waals surface area (Å²) in [6, 6.07) is 15.6. The fraction of sp³-hybridized carbons (Fsp3) is 0.143. The van der Waals surface area contributed by atoms with Crippen LogP contribution in [0.1, 0.15) is 11.1 Å². The lowest BCUT2D eigenvalue weighted by atomic mass is 10.2. The van der Waals surface area contributed by atoms with Crippen molar-refractivity contribution < 1.29 is 14.6 Å². The van der Waals surface area contributed by atoms with E-state index in [9.17, 15) is 5.11 Å². The zero-order chi connectivity index (χ0) is 20.1. The second-order valence-corrected chi connectivity index (χ2v) is 7.27. The van der Waals surface area contributed by atoms with Gasteiger partial charge < -0.3 is 19.9 Å². The highest BCUT2D eigenvalue weighted by Gasteiger charge is 2.12. The van der Waals surface area contributed by atoms with E-state index in [4.69, 9.17) is 44.3 Å². The normalized spacial score (nSPS) is 10.6. The Labute approximate surface area is 178 Å². The van der Waals surface area contributed by atoms with Crippen LogP contribution in [0.4, 0.5) is 5.69 Å². The Morgan fingerprint density at radius 1 is 0.857 bits per heavy atom. The van der Waals surface area contributed by atoms with E-state index in [-0.39, 0.29) is 12.4 Å². The van der Waals surface area contributed by atoms with Gasteiger partial charge in [-0.15, -0.1) is 0 Å². The molecule has 0 saturated carbocycles. The number of phenols is 1. The van der Waals surface area contributed by atoms with Crippen molar-refractivity contribution in [1.82, 2.24) is 0 Å². The van der Waals surface area contributed by atoms with Gasteiger partial charge in [0.1, 0.15) is 12.4 Å². The molecule has 3 aromatic carbocycles. The molecule has 0 saturated heterocycles. The summed E-state index contributed by atoms with van der Waals surface area (Å²) < 4.78 is 11.3. The number of methoxy groups -OCH3 is 1. The van der Waals surface area contributed by atoms with Crippen LogP contribution in [0.25, 0.3) is 0 Å². The molecular weight excluding hydrogens is 421 g/mol. The Kier molecular flexibility index (Phi) is 6.79. The Morgan fingerprint density at radius 2 is 1.57 bits per heavy atom. The van der Waals surface area contributed by atoms with E-state index in [0.717, 1.165) is 16.8 Å². The predicted molar refractivity (Wildman–Crippen MR) is 114 cm³/mol. The fourth-order valence-electron chi connectivity index (χ4n) is 2.56. The van der Waals surface area contributed by atoms with Gasteiger partial charge >= 0.3 is 0 Å². The van der Waals surface area contributed by atoms with Gasteiger partial charge in [-0.2, -0.15) is 0 Å². The molecule has 0 aromatic heterocycles. The number of benzene rings is 3. The molecule has 0 unspecified atom stereocenters. The summed E-state index contributed by atoms with van der Waals surface area (Å²) in [4.78, 5) is 0. The Bertz CT molecular complexity index is 962. The van der Waals surface area contributed by atoms with Crippen molar-refractivity contribution in [3.05, 3.63) is 80.8 Å². The molecule has 3 rings (SSSR count). The molecule has 0 spiro atoms. The summed E-state index contributed by atoms with van der Waals surface area (Å²) in [6.07, 6.45) is 0. The first-order chi connectivity index (χ1) is 13.5. The minimum atomic E-state index is 0.215. The van der Waals surface area contributed by atoms with Gasteiger partial charge in [-0.1, -0.05) is 40.9 Å². The van der Waals surface area contributed by atoms with Gasteiger partial charge in [0.25, 0.3) is 0 Å². The molecule has 0 aliphatic heterocycles. The van der Waals surface area contributed by atoms with Crippen LogP contribution in [0.5, 0.6) is 17.2 Å². The van der Waals surface area contributed by atoms with Crippen molar-refractivity contribution in [2.45, 2.75) is 13.2 Å². The maximum Gasteiger partial charge on any atom is 0.163 e. The lowest BCUT2D eigenvalue weighted by molar-refractivity contribution is 0.284. The summed E-state index contributed by atoms with van der Waals surface area (Å²) >= 11 is 18.5. The lowest BCUT2D eigenvalue weighted by Gasteiger charge is -2.15. The number of halogens is 3. The van der Waals surface area contributed by atoms with Gasteiger partial charge in [0.05, 0.1) is 7.11 Å². The van der Waals surface area contributed by atoms with E-state index >= 15 is 0 Å². The van der Waals surface area contributed by atoms with Crippen LogP contribution in [0.2, 0.25) is 15.1 Å². The predicted octanol–water partition coefficient (Wildman–Crippen LogP) is 6.55. The number of phenolic OH excluding ortho intramolecular Hbond substituents is 1. The third-order valence-electron chi connectivity index (χ3n) is 4.08. The van der Waals surface area contributed by atoms with Crippen molar-refractivity contribution >= 4 is 40.5 Å². The summed E-state index contributed by atoms with van der Waals surface area (Å²) in [5, 5.41) is 14.3. The van der Waals surface area contributed by atoms with E-state index in [2.05, 4.69) is 5.32 Å². The first-order valence-corrected chi connectivity index (χ1v) is 9.55. The molecule has 0 amide bonds. The van der Waals surface area contributed by atoms with E-state index < -0.39 is 0 Å². The molecule has 3 aromatic rings. The molecule has 7 heteroatoms. The van der Waals surface area contributed by atoms with Crippen LogP contribution in [0, 0.1) is 0 Å². The number of hydrogen-bond donors (Lipinski definition) is 2. The Morgan fingerprint density at radius 3 is 2.25 bits per heavy atom. The standard InChI is InChI=1S/C21H18Cl3NO3/c1-27-20-8-14(11-25-16-4-6-17(26)7-5-16)19(24)10-21(20)28-12-13-2-3-15(22)9-18(13)23/h2-10,25-26H,11-12H2,1H3. The average Bonchev–Trinajstić information content (AvgIpc) is 2.68. The van der Waals surface area contributed by atoms with Crippen LogP contribution in [-0.2, 0) is 13.2 Å². The van der Waals surface area contributed by atoms with Crippen LogP contribution in [0.15, 0.2) is 54.6 Å². The second kappa shape index (κ2) is 9.28. The molecule has 0 radical (unpaired) electrons. The smallest absolute Gasteiger partial charge is 0.163 e. The van der Waals surface area contributed by atoms with Gasteiger partial charge in [0, 0.05) is 38.9 Å². The Hall–Kier alpha value is -2.27. The lowest BCUT2D eigenvalue weighted by Crippen LogP contribution is -2.03. The van der Waals surface area contributed by atoms with Crippen LogP contribution in [0.3, 0.4) is 0 Å². The van der Waals surface area contributed by atoms with Crippen LogP contribution >= 0.6 is 34.8 Å². The molecule has 0 atom stereocenters. The maximum atomic E-state index is 9.35. The number of anilines is 1. The molecule has 2 N–H and O–H groups in total. The molecule has 4 nitrogen and oxygen atoms in total. The summed E-state index contributed by atoms with van der Waals surface area (Å²) in [5.74, 6) is 1.30. The van der Waals surface area contributed by atoms with Gasteiger partial charge in [0.2, 0.25) is 0 Å². The van der Waals surface area contributed by atoms with Gasteiger partial charge in [-0.05, 0) is 48.0 Å². The second-order valence-electron chi connectivity index (χ2n) is 6.02. The first-order valence-electron chi connectivity index (χ1n) is 8.42. The number of aromatic hydroxyl groups is 1. The van der Waals surface area contributed by atoms with Crippen LogP contribution < -0.4 is 14.8 Å². The van der Waals surface area contributed by atoms with Gasteiger partial charge in [0.15, 0.2) is 11.5 Å². The van der Waals surface area contributed by atoms with Crippen molar-refractivity contribution in [3.8, 4) is 17.2 Å². The van der Waals surface area contributed by atoms with E-state index in [1.807, 2.05) is 12.1 Å². The number of hydrogen-bond acceptors (Lipinski definition) is 4. The highest BCUT2D eigenvalue weighted by molar-refractivity contribution is 6.35. The minimum absolute atomic E-state index is 0.215. The maximum absolute atomic E-state index is 9.35. The SMILES string of the molecule is COc1cc(CNc2ccc(O)cc2)c(Cl)cc1OCc1ccc(Cl)cc1Cl. The van der Waals surface area contributed by atoms with Crippen molar-refractivity contribution in [2.75, 3.05) is 12.4 Å². The highest BCUT2D eigenvalue weighted by atomic mass is 35.5. The highest BCUT2D eigenvalue weighted by Crippen LogP contribution is 2.35. The fourth-order valence-corrected chi connectivity index (χ4v) is 3.24. The third kappa shape index (κ3) is 5.16. The first kappa shape index (κ1) is 20.5. The van der Waals surface area contributed by atoms with E-state index in [1.165, 1.54) is 0 Å². The number of rotatable bonds is 7. The zero-order valence-corrected chi connectivity index (χ0v) is 17.3. The van der Waals surface area contributed by atoms with E-state index in [0.29, 0.717) is 33.1 Å². The largest absolute Gasteiger partial charge is 0.508 e. The number of nitrogens with one attached hydrogen (secondary N) is 1. The van der Waals surface area contributed by atoms with Gasteiger partial charge in [-0.3, -0.25) is 0 Å². The molecule has 0 bridgehead atoms. The monoisotopic (exact) mass is 437 g/mol.